The fourth-order valence-electron chi connectivity index (χ4n) is 4.07. The molecule has 1 aliphatic heterocycles. The van der Waals surface area contributed by atoms with E-state index < -0.39 is 17.7 Å². The highest BCUT2D eigenvalue weighted by Gasteiger charge is 2.48. The summed E-state index contributed by atoms with van der Waals surface area (Å²) < 4.78 is 11.6. The van der Waals surface area contributed by atoms with Crippen LogP contribution < -0.4 is 14.4 Å². The van der Waals surface area contributed by atoms with Gasteiger partial charge < -0.3 is 14.6 Å². The van der Waals surface area contributed by atoms with E-state index in [1.807, 2.05) is 13.0 Å². The molecular weight excluding hydrogens is 466 g/mol. The lowest BCUT2D eigenvalue weighted by Crippen LogP contribution is -2.29. The normalized spacial score (nSPS) is 17.2. The number of hydrogen-bond acceptors (Lipinski definition) is 8. The van der Waals surface area contributed by atoms with Crippen LogP contribution >= 0.6 is 11.3 Å². The van der Waals surface area contributed by atoms with Crippen molar-refractivity contribution >= 4 is 44.1 Å². The number of anilines is 1. The molecule has 0 bridgehead atoms. The lowest BCUT2D eigenvalue weighted by atomic mass is 9.96. The van der Waals surface area contributed by atoms with E-state index in [2.05, 4.69) is 9.97 Å². The van der Waals surface area contributed by atoms with E-state index in [-0.39, 0.29) is 11.3 Å². The summed E-state index contributed by atoms with van der Waals surface area (Å²) in [6.07, 6.45) is 3.16. The molecule has 1 N–H and O–H groups in total. The number of amides is 1. The van der Waals surface area contributed by atoms with Crippen LogP contribution in [0.4, 0.5) is 5.13 Å². The zero-order valence-electron chi connectivity index (χ0n) is 19.0. The first-order valence-corrected chi connectivity index (χ1v) is 11.7. The number of benzene rings is 2. The number of carbonyl (C=O) groups is 2. The number of Topliss-reactive ketones (excluding diaryl/α,β-unsaturated/α-hetero) is 1. The van der Waals surface area contributed by atoms with Crippen LogP contribution in [0.2, 0.25) is 0 Å². The summed E-state index contributed by atoms with van der Waals surface area (Å²) in [6.45, 7) is 2.31. The molecule has 1 amide bonds. The number of methoxy groups -OCH3 is 1. The van der Waals surface area contributed by atoms with Crippen LogP contribution in [0.15, 0.2) is 72.6 Å². The van der Waals surface area contributed by atoms with E-state index in [0.717, 1.165) is 4.70 Å². The predicted octanol–water partition coefficient (Wildman–Crippen LogP) is 4.72. The van der Waals surface area contributed by atoms with E-state index in [4.69, 9.17) is 9.47 Å². The quantitative estimate of drug-likeness (QED) is 0.238. The number of aromatic nitrogens is 2. The molecule has 5 rings (SSSR count). The molecule has 2 aromatic heterocycles. The van der Waals surface area contributed by atoms with Crippen LogP contribution in [0, 0.1) is 0 Å². The number of hydrogen-bond donors (Lipinski definition) is 1. The van der Waals surface area contributed by atoms with Crippen molar-refractivity contribution in [1.29, 1.82) is 0 Å². The lowest BCUT2D eigenvalue weighted by molar-refractivity contribution is -0.132. The highest BCUT2D eigenvalue weighted by atomic mass is 32.1. The maximum atomic E-state index is 13.3. The molecule has 0 spiro atoms. The molecule has 9 heteroatoms. The van der Waals surface area contributed by atoms with Crippen molar-refractivity contribution in [2.45, 2.75) is 13.0 Å². The van der Waals surface area contributed by atoms with Crippen molar-refractivity contribution in [2.24, 2.45) is 0 Å². The second-order valence-corrected chi connectivity index (χ2v) is 8.75. The van der Waals surface area contributed by atoms with Crippen LogP contribution in [0.3, 0.4) is 0 Å². The van der Waals surface area contributed by atoms with Crippen LogP contribution in [0.5, 0.6) is 11.5 Å². The third kappa shape index (κ3) is 4.00. The van der Waals surface area contributed by atoms with Crippen LogP contribution in [-0.2, 0) is 9.59 Å². The van der Waals surface area contributed by atoms with Gasteiger partial charge in [0.05, 0.1) is 35.5 Å². The van der Waals surface area contributed by atoms with Crippen molar-refractivity contribution in [3.8, 4) is 11.5 Å². The molecule has 176 valence electrons. The molecule has 1 fully saturated rings. The number of carbonyl (C=O) groups excluding carboxylic acids is 2. The third-order valence-electron chi connectivity index (χ3n) is 5.68. The van der Waals surface area contributed by atoms with Crippen molar-refractivity contribution in [3.63, 3.8) is 0 Å². The number of nitrogens with zero attached hydrogens (tertiary/aromatic N) is 3. The Morgan fingerprint density at radius 2 is 1.89 bits per heavy atom. The molecule has 35 heavy (non-hydrogen) atoms. The minimum Gasteiger partial charge on any atom is -0.507 e. The molecule has 1 unspecified atom stereocenters. The van der Waals surface area contributed by atoms with Gasteiger partial charge in [0, 0.05) is 18.0 Å². The standard InChI is InChI=1S/C26H21N3O5S/c1-3-34-18-6-4-5-16(13-18)23(30)21-22(15-9-11-27-12-10-15)29(25(32)24(21)31)26-28-19-8-7-17(33-2)14-20(19)35-26/h4-14,22,30H,3H2,1-2H3/b23-21+. The maximum absolute atomic E-state index is 13.3. The van der Waals surface area contributed by atoms with Gasteiger partial charge in [-0.15, -0.1) is 0 Å². The summed E-state index contributed by atoms with van der Waals surface area (Å²) in [5, 5.41) is 11.6. The Morgan fingerprint density at radius 3 is 2.63 bits per heavy atom. The average Bonchev–Trinajstić information content (AvgIpc) is 3.42. The topological polar surface area (TPSA) is 102 Å². The molecule has 8 nitrogen and oxygen atoms in total. The van der Waals surface area contributed by atoms with Crippen molar-refractivity contribution < 1.29 is 24.2 Å². The minimum absolute atomic E-state index is 0.0216. The number of rotatable bonds is 6. The highest BCUT2D eigenvalue weighted by molar-refractivity contribution is 7.22. The van der Waals surface area contributed by atoms with Gasteiger partial charge >= 0.3 is 5.91 Å². The fraction of sp³-hybridized carbons (Fsp3) is 0.154. The predicted molar refractivity (Wildman–Crippen MR) is 133 cm³/mol. The molecule has 3 heterocycles. The number of aliphatic hydroxyl groups is 1. The van der Waals surface area contributed by atoms with Gasteiger partial charge in [0.15, 0.2) is 5.13 Å². The van der Waals surface area contributed by atoms with Crippen LogP contribution in [0.1, 0.15) is 24.1 Å². The smallest absolute Gasteiger partial charge is 0.301 e. The third-order valence-corrected chi connectivity index (χ3v) is 6.69. The van der Waals surface area contributed by atoms with Crippen molar-refractivity contribution in [2.75, 3.05) is 18.6 Å². The molecule has 1 aliphatic rings. The lowest BCUT2D eigenvalue weighted by Gasteiger charge is -2.22. The second-order valence-electron chi connectivity index (χ2n) is 7.74. The zero-order chi connectivity index (χ0) is 24.5. The highest BCUT2D eigenvalue weighted by Crippen LogP contribution is 2.44. The molecular formula is C26H21N3O5S. The van der Waals surface area contributed by atoms with Gasteiger partial charge in [0.1, 0.15) is 17.3 Å². The summed E-state index contributed by atoms with van der Waals surface area (Å²) >= 11 is 1.27. The van der Waals surface area contributed by atoms with Gasteiger partial charge in [0.2, 0.25) is 0 Å². The summed E-state index contributed by atoms with van der Waals surface area (Å²) in [6, 6.07) is 14.7. The molecule has 2 aromatic carbocycles. The molecule has 1 saturated heterocycles. The van der Waals surface area contributed by atoms with Crippen LogP contribution in [0.25, 0.3) is 16.0 Å². The first-order valence-electron chi connectivity index (χ1n) is 10.9. The summed E-state index contributed by atoms with van der Waals surface area (Å²) in [4.78, 5) is 36.7. The van der Waals surface area contributed by atoms with Gasteiger partial charge in [-0.05, 0) is 55.0 Å². The van der Waals surface area contributed by atoms with Gasteiger partial charge in [-0.2, -0.15) is 0 Å². The van der Waals surface area contributed by atoms with E-state index >= 15 is 0 Å². The first-order chi connectivity index (χ1) is 17.0. The number of pyridine rings is 1. The first kappa shape index (κ1) is 22.5. The number of fused-ring (bicyclic) bond motifs is 1. The Morgan fingerprint density at radius 1 is 1.09 bits per heavy atom. The van der Waals surface area contributed by atoms with E-state index in [9.17, 15) is 14.7 Å². The van der Waals surface area contributed by atoms with Gasteiger partial charge in [-0.3, -0.25) is 19.5 Å². The number of aliphatic hydroxyl groups excluding tert-OH is 1. The van der Waals surface area contributed by atoms with Crippen LogP contribution in [-0.4, -0.2) is 40.5 Å². The van der Waals surface area contributed by atoms with Crippen molar-refractivity contribution in [3.05, 3.63) is 83.7 Å². The monoisotopic (exact) mass is 487 g/mol. The Kier molecular flexibility index (Phi) is 5.92. The number of thiazole rings is 1. The van der Waals surface area contributed by atoms with E-state index in [0.29, 0.717) is 39.9 Å². The Bertz CT molecular complexity index is 1460. The molecule has 0 radical (unpaired) electrons. The van der Waals surface area contributed by atoms with Gasteiger partial charge in [-0.1, -0.05) is 23.5 Å². The summed E-state index contributed by atoms with van der Waals surface area (Å²) in [7, 11) is 1.58. The van der Waals surface area contributed by atoms with Gasteiger partial charge in [-0.25, -0.2) is 4.98 Å². The Labute approximate surface area is 205 Å². The second kappa shape index (κ2) is 9.19. The average molecular weight is 488 g/mol. The molecule has 4 aromatic rings. The summed E-state index contributed by atoms with van der Waals surface area (Å²) in [5.41, 5.74) is 1.65. The Hall–Kier alpha value is -4.24. The Balaban J connectivity index is 1.69. The zero-order valence-corrected chi connectivity index (χ0v) is 19.8. The maximum Gasteiger partial charge on any atom is 0.301 e. The minimum atomic E-state index is -0.879. The largest absolute Gasteiger partial charge is 0.507 e. The van der Waals surface area contributed by atoms with E-state index in [1.165, 1.54) is 16.2 Å². The van der Waals surface area contributed by atoms with Gasteiger partial charge in [0.25, 0.3) is 5.78 Å². The fourth-order valence-corrected chi connectivity index (χ4v) is 5.09. The summed E-state index contributed by atoms with van der Waals surface area (Å²) in [5.74, 6) is -0.624. The number of ether oxygens (including phenoxy) is 2. The number of ketones is 1. The molecule has 1 atom stereocenters. The van der Waals surface area contributed by atoms with Crippen molar-refractivity contribution in [1.82, 2.24) is 9.97 Å². The molecule has 0 aliphatic carbocycles. The SMILES string of the molecule is CCOc1cccc(/C(O)=C2\C(=O)C(=O)N(c3nc4ccc(OC)cc4s3)C2c2ccncc2)c1. The molecule has 0 saturated carbocycles. The van der Waals surface area contributed by atoms with E-state index in [1.54, 1.807) is 68.0 Å².